The second kappa shape index (κ2) is 3.81. The molecule has 0 amide bonds. The second-order valence-electron chi connectivity index (χ2n) is 3.09. The fourth-order valence-electron chi connectivity index (χ4n) is 1.22. The first kappa shape index (κ1) is 9.23. The SMILES string of the molecule is Cc1cncc(C(N)c2cnns2)c1. The number of aryl methyl sites for hydroxylation is 1. The van der Waals surface area contributed by atoms with Crippen LogP contribution in [0.1, 0.15) is 22.0 Å². The third kappa shape index (κ3) is 1.78. The highest BCUT2D eigenvalue weighted by Crippen LogP contribution is 2.20. The van der Waals surface area contributed by atoms with Crippen LogP contribution in [0.25, 0.3) is 0 Å². The van der Waals surface area contributed by atoms with Gasteiger partial charge in [0.25, 0.3) is 0 Å². The number of nitrogens with zero attached hydrogens (tertiary/aromatic N) is 3. The zero-order chi connectivity index (χ0) is 9.97. The molecule has 5 heteroatoms. The maximum atomic E-state index is 6.02. The summed E-state index contributed by atoms with van der Waals surface area (Å²) in [6.45, 7) is 1.99. The van der Waals surface area contributed by atoms with Crippen LogP contribution in [0.4, 0.5) is 0 Å². The van der Waals surface area contributed by atoms with Gasteiger partial charge < -0.3 is 5.73 Å². The van der Waals surface area contributed by atoms with E-state index in [0.29, 0.717) is 0 Å². The van der Waals surface area contributed by atoms with Gasteiger partial charge in [0.2, 0.25) is 0 Å². The summed E-state index contributed by atoms with van der Waals surface area (Å²) >= 11 is 1.32. The largest absolute Gasteiger partial charge is 0.319 e. The van der Waals surface area contributed by atoms with Gasteiger partial charge in [-0.25, -0.2) is 0 Å². The van der Waals surface area contributed by atoms with E-state index in [9.17, 15) is 0 Å². The summed E-state index contributed by atoms with van der Waals surface area (Å²) in [7, 11) is 0. The highest BCUT2D eigenvalue weighted by atomic mass is 32.1. The summed E-state index contributed by atoms with van der Waals surface area (Å²) in [6, 6.07) is 1.86. The van der Waals surface area contributed by atoms with Crippen LogP contribution >= 0.6 is 11.5 Å². The topological polar surface area (TPSA) is 64.7 Å². The minimum absolute atomic E-state index is 0.164. The molecule has 0 saturated heterocycles. The van der Waals surface area contributed by atoms with E-state index in [4.69, 9.17) is 5.73 Å². The summed E-state index contributed by atoms with van der Waals surface area (Å²) in [4.78, 5) is 5.05. The Morgan fingerprint density at radius 1 is 1.36 bits per heavy atom. The minimum Gasteiger partial charge on any atom is -0.319 e. The van der Waals surface area contributed by atoms with Crippen LogP contribution in [0.15, 0.2) is 24.7 Å². The molecular formula is C9H10N4S. The monoisotopic (exact) mass is 206 g/mol. The molecule has 0 spiro atoms. The molecule has 0 aliphatic rings. The molecule has 2 N–H and O–H groups in total. The fourth-order valence-corrected chi connectivity index (χ4v) is 1.76. The van der Waals surface area contributed by atoms with Crippen molar-refractivity contribution in [2.24, 2.45) is 5.73 Å². The van der Waals surface area contributed by atoms with Gasteiger partial charge in [0, 0.05) is 12.4 Å². The molecule has 72 valence electrons. The number of aromatic nitrogens is 3. The van der Waals surface area contributed by atoms with Crippen molar-refractivity contribution in [3.05, 3.63) is 40.7 Å². The number of nitrogens with two attached hydrogens (primary N) is 1. The van der Waals surface area contributed by atoms with E-state index in [2.05, 4.69) is 14.6 Å². The number of hydrogen-bond acceptors (Lipinski definition) is 5. The molecule has 0 fully saturated rings. The smallest absolute Gasteiger partial charge is 0.0693 e. The average molecular weight is 206 g/mol. The van der Waals surface area contributed by atoms with Crippen LogP contribution in [0.3, 0.4) is 0 Å². The zero-order valence-corrected chi connectivity index (χ0v) is 8.53. The highest BCUT2D eigenvalue weighted by molar-refractivity contribution is 7.05. The average Bonchev–Trinajstić information content (AvgIpc) is 2.69. The summed E-state index contributed by atoms with van der Waals surface area (Å²) in [5.74, 6) is 0. The van der Waals surface area contributed by atoms with Gasteiger partial charge in [-0.15, -0.1) is 5.10 Å². The van der Waals surface area contributed by atoms with E-state index in [1.54, 1.807) is 18.6 Å². The number of rotatable bonds is 2. The first-order valence-corrected chi connectivity index (χ1v) is 4.99. The van der Waals surface area contributed by atoms with E-state index < -0.39 is 0 Å². The van der Waals surface area contributed by atoms with Crippen molar-refractivity contribution in [2.45, 2.75) is 13.0 Å². The first-order chi connectivity index (χ1) is 6.77. The van der Waals surface area contributed by atoms with E-state index in [1.165, 1.54) is 11.5 Å². The van der Waals surface area contributed by atoms with Crippen molar-refractivity contribution in [1.29, 1.82) is 0 Å². The molecular weight excluding hydrogens is 196 g/mol. The summed E-state index contributed by atoms with van der Waals surface area (Å²) < 4.78 is 3.78. The summed E-state index contributed by atoms with van der Waals surface area (Å²) in [5.41, 5.74) is 8.12. The molecule has 0 aliphatic carbocycles. The quantitative estimate of drug-likeness (QED) is 0.804. The molecule has 0 radical (unpaired) electrons. The maximum absolute atomic E-state index is 6.02. The van der Waals surface area contributed by atoms with Crippen molar-refractivity contribution in [2.75, 3.05) is 0 Å². The molecule has 2 aromatic rings. The van der Waals surface area contributed by atoms with Crippen LogP contribution in [-0.2, 0) is 0 Å². The standard InChI is InChI=1S/C9H10N4S/c1-6-2-7(4-11-3-6)9(10)8-5-12-13-14-8/h2-5,9H,10H2,1H3. The third-order valence-electron chi connectivity index (χ3n) is 1.94. The van der Waals surface area contributed by atoms with Crippen LogP contribution < -0.4 is 5.73 Å². The van der Waals surface area contributed by atoms with Gasteiger partial charge in [0.1, 0.15) is 0 Å². The Kier molecular flexibility index (Phi) is 2.51. The molecule has 1 unspecified atom stereocenters. The van der Waals surface area contributed by atoms with Gasteiger partial charge in [-0.1, -0.05) is 10.6 Å². The van der Waals surface area contributed by atoms with Gasteiger partial charge in [-0.2, -0.15) is 0 Å². The molecule has 2 aromatic heterocycles. The predicted molar refractivity (Wildman–Crippen MR) is 54.9 cm³/mol. The number of pyridine rings is 1. The summed E-state index contributed by atoms with van der Waals surface area (Å²) in [6.07, 6.45) is 5.27. The predicted octanol–water partition coefficient (Wildman–Crippen LogP) is 1.29. The van der Waals surface area contributed by atoms with Gasteiger partial charge in [-0.05, 0) is 29.6 Å². The second-order valence-corrected chi connectivity index (χ2v) is 3.91. The van der Waals surface area contributed by atoms with Gasteiger partial charge in [0.15, 0.2) is 0 Å². The summed E-state index contributed by atoms with van der Waals surface area (Å²) in [5, 5.41) is 3.76. The van der Waals surface area contributed by atoms with Crippen LogP contribution in [0.2, 0.25) is 0 Å². The van der Waals surface area contributed by atoms with Gasteiger partial charge >= 0.3 is 0 Å². The Hall–Kier alpha value is -1.33. The van der Waals surface area contributed by atoms with E-state index in [0.717, 1.165) is 16.0 Å². The molecule has 0 aliphatic heterocycles. The lowest BCUT2D eigenvalue weighted by molar-refractivity contribution is 0.876. The Balaban J connectivity index is 2.32. The molecule has 1 atom stereocenters. The maximum Gasteiger partial charge on any atom is 0.0693 e. The lowest BCUT2D eigenvalue weighted by Crippen LogP contribution is -2.10. The van der Waals surface area contributed by atoms with Crippen molar-refractivity contribution in [3.63, 3.8) is 0 Å². The first-order valence-electron chi connectivity index (χ1n) is 4.22. The normalized spacial score (nSPS) is 12.7. The van der Waals surface area contributed by atoms with Gasteiger partial charge in [-0.3, -0.25) is 4.98 Å². The van der Waals surface area contributed by atoms with Crippen LogP contribution in [0, 0.1) is 6.92 Å². The lowest BCUT2D eigenvalue weighted by atomic mass is 10.1. The Bertz CT molecular complexity index is 413. The molecule has 4 nitrogen and oxygen atoms in total. The molecule has 0 saturated carbocycles. The molecule has 2 rings (SSSR count). The fraction of sp³-hybridized carbons (Fsp3) is 0.222. The van der Waals surface area contributed by atoms with E-state index in [-0.39, 0.29) is 6.04 Å². The van der Waals surface area contributed by atoms with Gasteiger partial charge in [0.05, 0.1) is 17.1 Å². The Morgan fingerprint density at radius 3 is 2.86 bits per heavy atom. The zero-order valence-electron chi connectivity index (χ0n) is 7.71. The van der Waals surface area contributed by atoms with E-state index in [1.807, 2.05) is 13.0 Å². The lowest BCUT2D eigenvalue weighted by Gasteiger charge is -2.08. The van der Waals surface area contributed by atoms with Crippen LogP contribution in [-0.4, -0.2) is 14.6 Å². The molecule has 2 heterocycles. The molecule has 0 bridgehead atoms. The molecule has 14 heavy (non-hydrogen) atoms. The third-order valence-corrected chi connectivity index (χ3v) is 2.69. The molecule has 0 aromatic carbocycles. The van der Waals surface area contributed by atoms with E-state index >= 15 is 0 Å². The van der Waals surface area contributed by atoms with Crippen LogP contribution in [0.5, 0.6) is 0 Å². The van der Waals surface area contributed by atoms with Crippen molar-refractivity contribution < 1.29 is 0 Å². The number of hydrogen-bond donors (Lipinski definition) is 1. The highest BCUT2D eigenvalue weighted by Gasteiger charge is 2.11. The van der Waals surface area contributed by atoms with Crippen molar-refractivity contribution in [3.8, 4) is 0 Å². The Morgan fingerprint density at radius 2 is 2.21 bits per heavy atom. The van der Waals surface area contributed by atoms with Crippen molar-refractivity contribution in [1.82, 2.24) is 14.6 Å². The Labute approximate surface area is 86.0 Å². The van der Waals surface area contributed by atoms with Crippen molar-refractivity contribution >= 4 is 11.5 Å². The minimum atomic E-state index is -0.164.